The summed E-state index contributed by atoms with van der Waals surface area (Å²) in [6, 6.07) is 0. The summed E-state index contributed by atoms with van der Waals surface area (Å²) in [6.07, 6.45) is 2.09. The van der Waals surface area contributed by atoms with Crippen molar-refractivity contribution >= 4 is 46.2 Å². The predicted molar refractivity (Wildman–Crippen MR) is 81.9 cm³/mol. The van der Waals surface area contributed by atoms with Crippen molar-refractivity contribution in [3.63, 3.8) is 0 Å². The molecule has 0 fully saturated rings. The second-order valence-corrected chi connectivity index (χ2v) is 11.1. The number of methoxy groups -OCH3 is 1. The zero-order chi connectivity index (χ0) is 14.0. The maximum atomic E-state index is 11.0. The van der Waals surface area contributed by atoms with Gasteiger partial charge in [0.15, 0.2) is 0 Å². The molecule has 0 amide bonds. The molecule has 7 heteroatoms. The zero-order valence-corrected chi connectivity index (χ0v) is 14.2. The van der Waals surface area contributed by atoms with Crippen molar-refractivity contribution in [1.29, 1.82) is 0 Å². The molecule has 0 heterocycles. The summed E-state index contributed by atoms with van der Waals surface area (Å²) < 4.78 is 6.70. The Morgan fingerprint density at radius 3 is 2.17 bits per heavy atom. The van der Waals surface area contributed by atoms with E-state index in [9.17, 15) is 4.79 Å². The van der Waals surface area contributed by atoms with Gasteiger partial charge in [-0.1, -0.05) is 0 Å². The number of rotatable bonds is 10. The molecule has 0 rings (SSSR count). The van der Waals surface area contributed by atoms with Gasteiger partial charge in [-0.25, -0.2) is 0 Å². The fourth-order valence-electron chi connectivity index (χ4n) is 1.52. The van der Waals surface area contributed by atoms with Crippen LogP contribution in [0.25, 0.3) is 0 Å². The summed E-state index contributed by atoms with van der Waals surface area (Å²) in [6.45, 7) is 3.55. The first-order chi connectivity index (χ1) is 8.41. The molecular formula is C11H22Cl3NO2P+. The highest BCUT2D eigenvalue weighted by Gasteiger charge is 2.36. The first-order valence-corrected chi connectivity index (χ1v) is 10.6. The van der Waals surface area contributed by atoms with E-state index in [4.69, 9.17) is 34.1 Å². The van der Waals surface area contributed by atoms with E-state index in [-0.39, 0.29) is 5.97 Å². The van der Waals surface area contributed by atoms with E-state index in [0.29, 0.717) is 12.3 Å². The molecule has 0 atom stereocenters. The molecule has 0 N–H and O–H groups in total. The van der Waals surface area contributed by atoms with Crippen molar-refractivity contribution in [2.75, 3.05) is 32.7 Å². The van der Waals surface area contributed by atoms with Gasteiger partial charge in [-0.3, -0.25) is 4.79 Å². The molecule has 0 unspecified atom stereocenters. The van der Waals surface area contributed by atoms with Crippen LogP contribution in [-0.4, -0.2) is 43.4 Å². The molecule has 0 saturated carbocycles. The molecule has 0 aliphatic carbocycles. The maximum absolute atomic E-state index is 11.0. The molecule has 0 aromatic rings. The molecule has 0 aromatic heterocycles. The predicted octanol–water partition coefficient (Wildman–Crippen LogP) is 4.52. The smallest absolute Gasteiger partial charge is 0.305 e. The molecule has 0 saturated heterocycles. The average Bonchev–Trinajstić information content (AvgIpc) is 2.30. The van der Waals surface area contributed by atoms with Gasteiger partial charge in [-0.2, -0.15) is 0 Å². The van der Waals surface area contributed by atoms with E-state index in [2.05, 4.69) is 9.41 Å². The van der Waals surface area contributed by atoms with E-state index in [0.717, 1.165) is 38.8 Å². The topological polar surface area (TPSA) is 29.5 Å². The molecule has 108 valence electrons. The second kappa shape index (κ2) is 10.5. The van der Waals surface area contributed by atoms with Crippen molar-refractivity contribution in [3.05, 3.63) is 0 Å². The van der Waals surface area contributed by atoms with Crippen LogP contribution in [0.5, 0.6) is 0 Å². The van der Waals surface area contributed by atoms with Crippen LogP contribution in [0, 0.1) is 0 Å². The van der Waals surface area contributed by atoms with Crippen LogP contribution in [0.2, 0.25) is 0 Å². The quantitative estimate of drug-likeness (QED) is 0.254. The SMILES string of the molecule is COC(=O)CCCCN(CCCCCl)[P+](C)(Cl)Cl. The minimum atomic E-state index is -2.02. The van der Waals surface area contributed by atoms with Gasteiger partial charge in [0.25, 0.3) is 6.12 Å². The number of nitrogens with zero attached hydrogens (tertiary/aromatic N) is 1. The normalized spacial score (nSPS) is 11.9. The number of unbranched alkanes of at least 4 members (excludes halogenated alkanes) is 2. The summed E-state index contributed by atoms with van der Waals surface area (Å²) in [4.78, 5) is 11.0. The molecule has 0 aliphatic heterocycles. The highest BCUT2D eigenvalue weighted by Crippen LogP contribution is 2.68. The molecule has 0 aliphatic rings. The third-order valence-corrected chi connectivity index (χ3v) is 5.51. The van der Waals surface area contributed by atoms with Gasteiger partial charge in [0.05, 0.1) is 13.8 Å². The Balaban J connectivity index is 3.91. The zero-order valence-electron chi connectivity index (χ0n) is 11.0. The van der Waals surface area contributed by atoms with Gasteiger partial charge < -0.3 is 4.74 Å². The minimum absolute atomic E-state index is 0.169. The first-order valence-electron chi connectivity index (χ1n) is 6.06. The van der Waals surface area contributed by atoms with E-state index in [1.165, 1.54) is 7.11 Å². The monoisotopic (exact) mass is 336 g/mol. The lowest BCUT2D eigenvalue weighted by Crippen LogP contribution is -2.22. The molecular weight excluding hydrogens is 315 g/mol. The first kappa shape index (κ1) is 18.7. The standard InChI is InChI=1S/C11H22Cl3NO2P/c1-17-11(16)7-3-5-9-15(18(2,13)14)10-6-4-8-12/h3-10H2,1-2H3/q+1. The Morgan fingerprint density at radius 1 is 1.17 bits per heavy atom. The average molecular weight is 338 g/mol. The number of hydrogen-bond acceptors (Lipinski definition) is 3. The van der Waals surface area contributed by atoms with Crippen LogP contribution in [0.4, 0.5) is 0 Å². The molecule has 18 heavy (non-hydrogen) atoms. The van der Waals surface area contributed by atoms with E-state index >= 15 is 0 Å². The van der Waals surface area contributed by atoms with Gasteiger partial charge in [-0.15, -0.1) is 16.3 Å². The fraction of sp³-hybridized carbons (Fsp3) is 0.909. The Morgan fingerprint density at radius 2 is 1.72 bits per heavy atom. The second-order valence-electron chi connectivity index (χ2n) is 4.14. The molecule has 0 aromatic carbocycles. The Hall–Kier alpha value is 0.730. The summed E-state index contributed by atoms with van der Waals surface area (Å²) in [7, 11) is 1.40. The number of alkyl halides is 1. The molecule has 3 nitrogen and oxygen atoms in total. The van der Waals surface area contributed by atoms with Gasteiger partial charge in [0.1, 0.15) is 22.5 Å². The number of carbonyl (C=O) groups is 1. The third kappa shape index (κ3) is 9.63. The van der Waals surface area contributed by atoms with E-state index in [1.807, 2.05) is 6.66 Å². The number of ether oxygens (including phenoxy) is 1. The van der Waals surface area contributed by atoms with Crippen molar-refractivity contribution < 1.29 is 9.53 Å². The van der Waals surface area contributed by atoms with Crippen LogP contribution in [0.3, 0.4) is 0 Å². The molecule has 0 radical (unpaired) electrons. The van der Waals surface area contributed by atoms with E-state index in [1.54, 1.807) is 0 Å². The van der Waals surface area contributed by atoms with Crippen LogP contribution in [0.1, 0.15) is 32.1 Å². The van der Waals surface area contributed by atoms with Crippen molar-refractivity contribution in [2.24, 2.45) is 0 Å². The summed E-state index contributed by atoms with van der Waals surface area (Å²) in [5.74, 6) is 0.494. The Labute approximate surface area is 125 Å². The van der Waals surface area contributed by atoms with Crippen molar-refractivity contribution in [3.8, 4) is 0 Å². The highest BCUT2D eigenvalue weighted by atomic mass is 35.9. The Bertz CT molecular complexity index is 237. The van der Waals surface area contributed by atoms with Crippen LogP contribution >= 0.6 is 40.2 Å². The van der Waals surface area contributed by atoms with Crippen LogP contribution < -0.4 is 0 Å². The van der Waals surface area contributed by atoms with Gasteiger partial charge in [0, 0.05) is 25.4 Å². The van der Waals surface area contributed by atoms with Crippen LogP contribution in [-0.2, 0) is 9.53 Å². The fourth-order valence-corrected chi connectivity index (χ4v) is 3.60. The summed E-state index contributed by atoms with van der Waals surface area (Å²) in [5, 5.41) is 0. The van der Waals surface area contributed by atoms with Crippen LogP contribution in [0.15, 0.2) is 0 Å². The number of carbonyl (C=O) groups excluding carboxylic acids is 1. The largest absolute Gasteiger partial charge is 0.469 e. The minimum Gasteiger partial charge on any atom is -0.469 e. The van der Waals surface area contributed by atoms with Gasteiger partial charge in [0.2, 0.25) is 0 Å². The number of esters is 1. The molecule has 0 spiro atoms. The third-order valence-electron chi connectivity index (χ3n) is 2.57. The van der Waals surface area contributed by atoms with Gasteiger partial charge in [-0.05, 0) is 25.7 Å². The lowest BCUT2D eigenvalue weighted by atomic mass is 10.2. The van der Waals surface area contributed by atoms with Crippen molar-refractivity contribution in [2.45, 2.75) is 32.1 Å². The maximum Gasteiger partial charge on any atom is 0.305 e. The van der Waals surface area contributed by atoms with Gasteiger partial charge >= 0.3 is 5.97 Å². The lowest BCUT2D eigenvalue weighted by Gasteiger charge is -2.22. The lowest BCUT2D eigenvalue weighted by molar-refractivity contribution is -0.140. The number of hydrogen-bond donors (Lipinski definition) is 0. The highest BCUT2D eigenvalue weighted by molar-refractivity contribution is 8.15. The number of halogens is 3. The van der Waals surface area contributed by atoms with E-state index < -0.39 is 6.12 Å². The Kier molecular flexibility index (Phi) is 10.9. The van der Waals surface area contributed by atoms with Crippen molar-refractivity contribution in [1.82, 2.24) is 4.67 Å². The summed E-state index contributed by atoms with van der Waals surface area (Å²) in [5.41, 5.74) is 0. The molecule has 0 bridgehead atoms. The summed E-state index contributed by atoms with van der Waals surface area (Å²) >= 11 is 18.1.